The number of benzene rings is 1. The van der Waals surface area contributed by atoms with Crippen molar-refractivity contribution in [3.8, 4) is 5.75 Å². The molecule has 1 aromatic rings. The van der Waals surface area contributed by atoms with E-state index in [1.54, 1.807) is 12.1 Å². The average Bonchev–Trinajstić information content (AvgIpc) is 2.66. The molecule has 0 heterocycles. The number of carbonyl (C=O) groups is 1. The van der Waals surface area contributed by atoms with E-state index in [2.05, 4.69) is 15.4 Å². The van der Waals surface area contributed by atoms with Crippen molar-refractivity contribution in [1.29, 1.82) is 0 Å². The smallest absolute Gasteiger partial charge is 0.387 e. The van der Waals surface area contributed by atoms with Gasteiger partial charge >= 0.3 is 12.6 Å². The van der Waals surface area contributed by atoms with Crippen molar-refractivity contribution < 1.29 is 18.3 Å². The molecule has 130 valence electrons. The van der Waals surface area contributed by atoms with Crippen LogP contribution in [0.3, 0.4) is 0 Å². The van der Waals surface area contributed by atoms with Crippen molar-refractivity contribution in [3.63, 3.8) is 0 Å². The number of halogens is 2. The zero-order valence-corrected chi connectivity index (χ0v) is 13.4. The maximum atomic E-state index is 12.5. The number of fused-ring (bicyclic) bond motifs is 2. The Morgan fingerprint density at radius 1 is 1.25 bits per heavy atom. The molecule has 0 radical (unpaired) electrons. The van der Waals surface area contributed by atoms with Gasteiger partial charge in [0.15, 0.2) is 0 Å². The molecular weight excluding hydrogens is 314 g/mol. The number of carbonyl (C=O) groups excluding carboxylic acids is 1. The molecular formula is C18H22F2N2O2. The Morgan fingerprint density at radius 3 is 2.92 bits per heavy atom. The number of anilines is 1. The standard InChI is InChI=1S/C18H22F2N2O2/c19-16(20)24-15-3-1-2-14(9-15)21-17(23)22-18-5-4-11-6-12(10-18)8-13(18)7-11/h1-3,9,11-13,16H,4-8,10H2,(H2,21,22,23). The molecule has 6 heteroatoms. The van der Waals surface area contributed by atoms with Crippen molar-refractivity contribution in [2.75, 3.05) is 5.32 Å². The first kappa shape index (κ1) is 15.7. The van der Waals surface area contributed by atoms with Crippen molar-refractivity contribution in [1.82, 2.24) is 5.32 Å². The van der Waals surface area contributed by atoms with E-state index in [0.29, 0.717) is 11.6 Å². The Bertz CT molecular complexity index is 639. The van der Waals surface area contributed by atoms with Crippen LogP contribution in [-0.2, 0) is 0 Å². The summed E-state index contributed by atoms with van der Waals surface area (Å²) >= 11 is 0. The van der Waals surface area contributed by atoms with Gasteiger partial charge in [-0.1, -0.05) is 6.07 Å². The minimum atomic E-state index is -2.87. The monoisotopic (exact) mass is 336 g/mol. The third-order valence-corrected chi connectivity index (χ3v) is 6.02. The lowest BCUT2D eigenvalue weighted by Gasteiger charge is -2.43. The van der Waals surface area contributed by atoms with E-state index in [9.17, 15) is 13.6 Å². The second-order valence-electron chi connectivity index (χ2n) is 7.52. The zero-order chi connectivity index (χ0) is 16.7. The summed E-state index contributed by atoms with van der Waals surface area (Å²) in [5.74, 6) is 2.23. The molecule has 4 unspecified atom stereocenters. The summed E-state index contributed by atoms with van der Waals surface area (Å²) in [6, 6.07) is 5.84. The molecule has 3 saturated carbocycles. The molecule has 4 atom stereocenters. The molecule has 3 fully saturated rings. The Hall–Kier alpha value is -1.85. The Kier molecular flexibility index (Phi) is 3.85. The molecule has 0 aromatic heterocycles. The van der Waals surface area contributed by atoms with Crippen molar-refractivity contribution in [3.05, 3.63) is 24.3 Å². The summed E-state index contributed by atoms with van der Waals surface area (Å²) in [5.41, 5.74) is 0.385. The molecule has 0 spiro atoms. The predicted molar refractivity (Wildman–Crippen MR) is 86.1 cm³/mol. The number of urea groups is 1. The summed E-state index contributed by atoms with van der Waals surface area (Å²) < 4.78 is 28.9. The van der Waals surface area contributed by atoms with Crippen LogP contribution in [0.5, 0.6) is 5.75 Å². The number of ether oxygens (including phenoxy) is 1. The van der Waals surface area contributed by atoms with Gasteiger partial charge in [-0.15, -0.1) is 0 Å². The van der Waals surface area contributed by atoms with Crippen LogP contribution in [-0.4, -0.2) is 18.2 Å². The highest BCUT2D eigenvalue weighted by Crippen LogP contribution is 2.57. The van der Waals surface area contributed by atoms with Gasteiger partial charge in [0.05, 0.1) is 0 Å². The fraction of sp³-hybridized carbons (Fsp3) is 0.611. The van der Waals surface area contributed by atoms with Crippen LogP contribution >= 0.6 is 0 Å². The molecule has 3 aliphatic carbocycles. The highest BCUT2D eigenvalue weighted by molar-refractivity contribution is 5.90. The SMILES string of the molecule is O=C(Nc1cccc(OC(F)F)c1)NC12CCC3CC(CC1C3)C2. The van der Waals surface area contributed by atoms with E-state index in [1.165, 1.54) is 37.8 Å². The topological polar surface area (TPSA) is 50.4 Å². The van der Waals surface area contributed by atoms with Gasteiger partial charge in [-0.2, -0.15) is 8.78 Å². The van der Waals surface area contributed by atoms with Gasteiger partial charge in [0.1, 0.15) is 5.75 Å². The third kappa shape index (κ3) is 2.94. The van der Waals surface area contributed by atoms with E-state index < -0.39 is 6.61 Å². The first-order chi connectivity index (χ1) is 11.5. The molecule has 2 amide bonds. The van der Waals surface area contributed by atoms with Gasteiger partial charge < -0.3 is 15.4 Å². The van der Waals surface area contributed by atoms with Crippen LogP contribution in [0.2, 0.25) is 0 Å². The number of amides is 2. The lowest BCUT2D eigenvalue weighted by atomic mass is 9.69. The fourth-order valence-corrected chi connectivity index (χ4v) is 5.22. The Morgan fingerprint density at radius 2 is 2.08 bits per heavy atom. The van der Waals surface area contributed by atoms with Crippen molar-refractivity contribution in [2.45, 2.75) is 50.7 Å². The third-order valence-electron chi connectivity index (χ3n) is 6.02. The molecule has 4 rings (SSSR count). The van der Waals surface area contributed by atoms with E-state index in [4.69, 9.17) is 0 Å². The summed E-state index contributed by atoms with van der Waals surface area (Å²) in [5, 5.41) is 5.98. The Labute approximate surface area is 139 Å². The summed E-state index contributed by atoms with van der Waals surface area (Å²) in [4.78, 5) is 12.5. The number of alkyl halides is 2. The van der Waals surface area contributed by atoms with Gasteiger partial charge in [-0.05, 0) is 68.4 Å². The number of hydrogen-bond acceptors (Lipinski definition) is 2. The van der Waals surface area contributed by atoms with Crippen LogP contribution in [0.15, 0.2) is 24.3 Å². The molecule has 4 nitrogen and oxygen atoms in total. The minimum Gasteiger partial charge on any atom is -0.435 e. The van der Waals surface area contributed by atoms with Crippen molar-refractivity contribution in [2.24, 2.45) is 17.8 Å². The number of rotatable bonds is 4. The minimum absolute atomic E-state index is 0.0400. The average molecular weight is 336 g/mol. The van der Waals surface area contributed by atoms with Gasteiger partial charge in [0.2, 0.25) is 0 Å². The molecule has 24 heavy (non-hydrogen) atoms. The molecule has 0 aliphatic heterocycles. The number of nitrogens with one attached hydrogen (secondary N) is 2. The molecule has 2 N–H and O–H groups in total. The second kappa shape index (κ2) is 5.90. The molecule has 3 bridgehead atoms. The lowest BCUT2D eigenvalue weighted by molar-refractivity contribution is -0.0497. The van der Waals surface area contributed by atoms with Gasteiger partial charge in [0, 0.05) is 17.3 Å². The van der Waals surface area contributed by atoms with Crippen LogP contribution in [0.25, 0.3) is 0 Å². The van der Waals surface area contributed by atoms with Crippen LogP contribution in [0.4, 0.5) is 19.3 Å². The summed E-state index contributed by atoms with van der Waals surface area (Å²) in [6.07, 6.45) is 7.11. The fourth-order valence-electron chi connectivity index (χ4n) is 5.22. The van der Waals surface area contributed by atoms with E-state index >= 15 is 0 Å². The van der Waals surface area contributed by atoms with Crippen LogP contribution < -0.4 is 15.4 Å². The van der Waals surface area contributed by atoms with Crippen molar-refractivity contribution >= 4 is 11.7 Å². The zero-order valence-electron chi connectivity index (χ0n) is 13.4. The molecule has 3 aliphatic rings. The predicted octanol–water partition coefficient (Wildman–Crippen LogP) is 4.38. The van der Waals surface area contributed by atoms with E-state index in [-0.39, 0.29) is 17.3 Å². The van der Waals surface area contributed by atoms with Gasteiger partial charge in [0.25, 0.3) is 0 Å². The van der Waals surface area contributed by atoms with E-state index in [0.717, 1.165) is 24.7 Å². The van der Waals surface area contributed by atoms with Gasteiger partial charge in [-0.3, -0.25) is 0 Å². The highest BCUT2D eigenvalue weighted by Gasteiger charge is 2.54. The second-order valence-corrected chi connectivity index (χ2v) is 7.52. The number of hydrogen-bond donors (Lipinski definition) is 2. The first-order valence-corrected chi connectivity index (χ1v) is 8.66. The normalized spacial score (nSPS) is 33.5. The highest BCUT2D eigenvalue weighted by atomic mass is 19.3. The lowest BCUT2D eigenvalue weighted by Crippen LogP contribution is -2.54. The van der Waals surface area contributed by atoms with Gasteiger partial charge in [-0.25, -0.2) is 4.79 Å². The Balaban J connectivity index is 1.42. The molecule has 0 saturated heterocycles. The van der Waals surface area contributed by atoms with Crippen LogP contribution in [0.1, 0.15) is 38.5 Å². The maximum Gasteiger partial charge on any atom is 0.387 e. The quantitative estimate of drug-likeness (QED) is 0.857. The first-order valence-electron chi connectivity index (χ1n) is 8.66. The van der Waals surface area contributed by atoms with Crippen LogP contribution in [0, 0.1) is 17.8 Å². The summed E-state index contributed by atoms with van der Waals surface area (Å²) in [7, 11) is 0. The summed E-state index contributed by atoms with van der Waals surface area (Å²) in [6.45, 7) is -2.87. The molecule has 1 aromatic carbocycles. The largest absolute Gasteiger partial charge is 0.435 e. The maximum absolute atomic E-state index is 12.5. The van der Waals surface area contributed by atoms with E-state index in [1.807, 2.05) is 0 Å².